The molecule has 1 aliphatic rings. The quantitative estimate of drug-likeness (QED) is 0.410. The molecule has 0 unspecified atom stereocenters. The molecule has 0 aliphatic carbocycles. The van der Waals surface area contributed by atoms with E-state index < -0.39 is 38.8 Å². The van der Waals surface area contributed by atoms with Crippen molar-refractivity contribution in [3.63, 3.8) is 0 Å². The molecule has 1 aromatic rings. The Kier molecular flexibility index (Phi) is 5.96. The molecule has 2 atom stereocenters. The Morgan fingerprint density at radius 3 is 2.65 bits per heavy atom. The van der Waals surface area contributed by atoms with Gasteiger partial charge in [-0.05, 0) is 26.3 Å². The van der Waals surface area contributed by atoms with Crippen molar-refractivity contribution in [2.75, 3.05) is 18.1 Å². The van der Waals surface area contributed by atoms with Crippen molar-refractivity contribution >= 4 is 27.4 Å². The minimum Gasteiger partial charge on any atom is -0.449 e. The summed E-state index contributed by atoms with van der Waals surface area (Å²) in [5.74, 6) is -1.42. The summed E-state index contributed by atoms with van der Waals surface area (Å²) in [7, 11) is -3.15. The van der Waals surface area contributed by atoms with Gasteiger partial charge in [0.25, 0.3) is 11.6 Å². The van der Waals surface area contributed by atoms with Crippen LogP contribution in [0, 0.1) is 10.1 Å². The maximum Gasteiger partial charge on any atom is 0.339 e. The Hall–Kier alpha value is -2.49. The maximum absolute atomic E-state index is 12.6. The van der Waals surface area contributed by atoms with Crippen LogP contribution in [0.3, 0.4) is 0 Å². The first-order valence-corrected chi connectivity index (χ1v) is 9.93. The number of nitrogens with zero attached hydrogens (tertiary/aromatic N) is 2. The van der Waals surface area contributed by atoms with E-state index in [1.54, 1.807) is 6.92 Å². The van der Waals surface area contributed by atoms with Gasteiger partial charge in [0.05, 0.1) is 22.0 Å². The van der Waals surface area contributed by atoms with Gasteiger partial charge in [0.15, 0.2) is 15.9 Å². The molecular weight excluding hydrogens is 364 g/mol. The fourth-order valence-electron chi connectivity index (χ4n) is 2.87. The minimum absolute atomic E-state index is 0.0310. The van der Waals surface area contributed by atoms with Gasteiger partial charge in [-0.1, -0.05) is 6.07 Å². The van der Waals surface area contributed by atoms with E-state index in [2.05, 4.69) is 0 Å². The summed E-state index contributed by atoms with van der Waals surface area (Å²) in [5, 5.41) is 10.8. The molecule has 26 heavy (non-hydrogen) atoms. The van der Waals surface area contributed by atoms with E-state index in [9.17, 15) is 28.1 Å². The Morgan fingerprint density at radius 2 is 2.12 bits per heavy atom. The molecule has 10 heteroatoms. The molecule has 1 saturated heterocycles. The zero-order valence-electron chi connectivity index (χ0n) is 14.5. The summed E-state index contributed by atoms with van der Waals surface area (Å²) in [6, 6.07) is 4.58. The van der Waals surface area contributed by atoms with E-state index in [4.69, 9.17) is 4.74 Å². The Morgan fingerprint density at radius 1 is 1.42 bits per heavy atom. The van der Waals surface area contributed by atoms with E-state index in [0.29, 0.717) is 6.42 Å². The summed E-state index contributed by atoms with van der Waals surface area (Å²) < 4.78 is 28.4. The average Bonchev–Trinajstić information content (AvgIpc) is 2.95. The van der Waals surface area contributed by atoms with Crippen LogP contribution in [0.2, 0.25) is 0 Å². The molecule has 0 aromatic heterocycles. The SMILES string of the molecule is CCN(C(=O)[C@H](C)OC(=O)c1cccc([N+](=O)[O-])c1)[C@H]1CCS(=O)(=O)C1. The second kappa shape index (κ2) is 7.81. The number of carbonyl (C=O) groups is 2. The normalized spacial score (nSPS) is 19.5. The van der Waals surface area contributed by atoms with Crippen LogP contribution in [0.15, 0.2) is 24.3 Å². The number of carbonyl (C=O) groups excluding carboxylic acids is 2. The van der Waals surface area contributed by atoms with E-state index in [1.165, 1.54) is 30.0 Å². The van der Waals surface area contributed by atoms with Gasteiger partial charge in [0.2, 0.25) is 0 Å². The second-order valence-corrected chi connectivity index (χ2v) is 8.26. The molecule has 1 aliphatic heterocycles. The Balaban J connectivity index is 2.06. The van der Waals surface area contributed by atoms with E-state index in [-0.39, 0.29) is 29.3 Å². The highest BCUT2D eigenvalue weighted by atomic mass is 32.2. The molecule has 9 nitrogen and oxygen atoms in total. The first kappa shape index (κ1) is 19.8. The van der Waals surface area contributed by atoms with Crippen molar-refractivity contribution in [3.8, 4) is 0 Å². The third-order valence-electron chi connectivity index (χ3n) is 4.20. The van der Waals surface area contributed by atoms with Crippen molar-refractivity contribution in [1.82, 2.24) is 4.90 Å². The van der Waals surface area contributed by atoms with Crippen LogP contribution in [0.5, 0.6) is 0 Å². The molecule has 0 spiro atoms. The van der Waals surface area contributed by atoms with Crippen molar-refractivity contribution in [3.05, 3.63) is 39.9 Å². The van der Waals surface area contributed by atoms with Gasteiger partial charge >= 0.3 is 5.97 Å². The number of non-ortho nitro benzene ring substituents is 1. The number of nitro benzene ring substituents is 1. The molecule has 2 rings (SSSR count). The van der Waals surface area contributed by atoms with Crippen molar-refractivity contribution in [2.24, 2.45) is 0 Å². The number of rotatable bonds is 6. The van der Waals surface area contributed by atoms with Crippen LogP contribution in [0.25, 0.3) is 0 Å². The van der Waals surface area contributed by atoms with Crippen LogP contribution in [-0.2, 0) is 19.4 Å². The lowest BCUT2D eigenvalue weighted by Gasteiger charge is -2.29. The Labute approximate surface area is 151 Å². The van der Waals surface area contributed by atoms with Crippen molar-refractivity contribution in [1.29, 1.82) is 0 Å². The molecule has 0 N–H and O–H groups in total. The van der Waals surface area contributed by atoms with Gasteiger partial charge in [-0.15, -0.1) is 0 Å². The molecule has 0 saturated carbocycles. The fraction of sp³-hybridized carbons (Fsp3) is 0.500. The maximum atomic E-state index is 12.6. The lowest BCUT2D eigenvalue weighted by Crippen LogP contribution is -2.46. The number of hydrogen-bond donors (Lipinski definition) is 0. The minimum atomic E-state index is -3.15. The highest BCUT2D eigenvalue weighted by molar-refractivity contribution is 7.91. The van der Waals surface area contributed by atoms with E-state index in [0.717, 1.165) is 6.07 Å². The second-order valence-electron chi connectivity index (χ2n) is 6.04. The van der Waals surface area contributed by atoms with Gasteiger partial charge < -0.3 is 9.64 Å². The van der Waals surface area contributed by atoms with Gasteiger partial charge in [0, 0.05) is 24.7 Å². The van der Waals surface area contributed by atoms with E-state index >= 15 is 0 Å². The summed E-state index contributed by atoms with van der Waals surface area (Å²) in [6.45, 7) is 3.40. The highest BCUT2D eigenvalue weighted by Gasteiger charge is 2.36. The molecule has 0 bridgehead atoms. The van der Waals surface area contributed by atoms with Crippen LogP contribution < -0.4 is 0 Å². The van der Waals surface area contributed by atoms with Crippen LogP contribution in [-0.4, -0.2) is 60.3 Å². The van der Waals surface area contributed by atoms with Gasteiger partial charge in [-0.25, -0.2) is 13.2 Å². The standard InChI is InChI=1S/C16H20N2O7S/c1-3-17(14-7-8-26(23,24)10-14)15(19)11(2)25-16(20)12-5-4-6-13(9-12)18(21)22/h4-6,9,11,14H,3,7-8,10H2,1-2H3/t11-,14-/m0/s1. The third-order valence-corrected chi connectivity index (χ3v) is 5.95. The lowest BCUT2D eigenvalue weighted by molar-refractivity contribution is -0.384. The molecule has 0 radical (unpaired) electrons. The summed E-state index contributed by atoms with van der Waals surface area (Å²) in [6.07, 6.45) is -0.780. The van der Waals surface area contributed by atoms with Crippen LogP contribution in [0.4, 0.5) is 5.69 Å². The smallest absolute Gasteiger partial charge is 0.339 e. The van der Waals surface area contributed by atoms with Crippen molar-refractivity contribution < 1.29 is 27.7 Å². The summed E-state index contributed by atoms with van der Waals surface area (Å²) >= 11 is 0. The number of hydrogen-bond acceptors (Lipinski definition) is 7. The monoisotopic (exact) mass is 384 g/mol. The number of amides is 1. The zero-order chi connectivity index (χ0) is 19.5. The largest absolute Gasteiger partial charge is 0.449 e. The van der Waals surface area contributed by atoms with Gasteiger partial charge in [-0.3, -0.25) is 14.9 Å². The number of likely N-dealkylation sites (N-methyl/N-ethyl adjacent to an activating group) is 1. The third kappa shape index (κ3) is 4.57. The van der Waals surface area contributed by atoms with Crippen molar-refractivity contribution in [2.45, 2.75) is 32.4 Å². The summed E-state index contributed by atoms with van der Waals surface area (Å²) in [5.41, 5.74) is -0.296. The first-order valence-electron chi connectivity index (χ1n) is 8.11. The number of nitro groups is 1. The molecule has 1 fully saturated rings. The topological polar surface area (TPSA) is 124 Å². The molecule has 1 aromatic carbocycles. The number of sulfone groups is 1. The van der Waals surface area contributed by atoms with Crippen LogP contribution >= 0.6 is 0 Å². The molecule has 1 heterocycles. The van der Waals surface area contributed by atoms with Crippen LogP contribution in [0.1, 0.15) is 30.6 Å². The lowest BCUT2D eigenvalue weighted by atomic mass is 10.2. The predicted octanol–water partition coefficient (Wildman–Crippen LogP) is 1.18. The molecule has 142 valence electrons. The number of benzene rings is 1. The van der Waals surface area contributed by atoms with Gasteiger partial charge in [-0.2, -0.15) is 0 Å². The Bertz CT molecular complexity index is 822. The zero-order valence-corrected chi connectivity index (χ0v) is 15.3. The molecule has 1 amide bonds. The predicted molar refractivity (Wildman–Crippen MR) is 92.4 cm³/mol. The molecular formula is C16H20N2O7S. The fourth-order valence-corrected chi connectivity index (χ4v) is 4.60. The summed E-state index contributed by atoms with van der Waals surface area (Å²) in [4.78, 5) is 36.3. The van der Waals surface area contributed by atoms with Gasteiger partial charge in [0.1, 0.15) is 0 Å². The first-order chi connectivity index (χ1) is 12.1. The number of ether oxygens (including phenoxy) is 1. The average molecular weight is 384 g/mol. The highest BCUT2D eigenvalue weighted by Crippen LogP contribution is 2.20. The van der Waals surface area contributed by atoms with E-state index in [1.807, 2.05) is 0 Å². The number of esters is 1.